The summed E-state index contributed by atoms with van der Waals surface area (Å²) in [5.74, 6) is -0.184. The summed E-state index contributed by atoms with van der Waals surface area (Å²) in [7, 11) is 0. The van der Waals surface area contributed by atoms with Crippen LogP contribution in [0.3, 0.4) is 0 Å². The van der Waals surface area contributed by atoms with E-state index in [9.17, 15) is 14.4 Å². The summed E-state index contributed by atoms with van der Waals surface area (Å²) < 4.78 is 1.34. The summed E-state index contributed by atoms with van der Waals surface area (Å²) in [5, 5.41) is 11.7. The van der Waals surface area contributed by atoms with Crippen LogP contribution in [0.4, 0.5) is 0 Å². The first-order valence-electron chi connectivity index (χ1n) is 6.06. The zero-order valence-electron chi connectivity index (χ0n) is 11.1. The first-order chi connectivity index (χ1) is 8.84. The van der Waals surface area contributed by atoms with Gasteiger partial charge in [0.25, 0.3) is 5.56 Å². The molecular weight excluding hydrogens is 250 g/mol. The zero-order valence-corrected chi connectivity index (χ0v) is 11.1. The summed E-state index contributed by atoms with van der Waals surface area (Å²) in [5.41, 5.74) is -1.57. The van der Waals surface area contributed by atoms with Gasteiger partial charge in [-0.3, -0.25) is 14.6 Å². The molecule has 0 aliphatic carbocycles. The van der Waals surface area contributed by atoms with Crippen molar-refractivity contribution in [2.24, 2.45) is 0 Å². The van der Waals surface area contributed by atoms with Gasteiger partial charge in [0.2, 0.25) is 5.91 Å². The molecule has 0 unspecified atom stereocenters. The third-order valence-corrected chi connectivity index (χ3v) is 2.57. The molecule has 1 aromatic rings. The van der Waals surface area contributed by atoms with Crippen LogP contribution in [0.15, 0.2) is 21.9 Å². The number of nitrogens with one attached hydrogen (secondary N) is 2. The number of aryl methyl sites for hydroxylation is 1. The van der Waals surface area contributed by atoms with E-state index in [0.717, 1.165) is 0 Å². The van der Waals surface area contributed by atoms with E-state index >= 15 is 0 Å². The highest BCUT2D eigenvalue weighted by Crippen LogP contribution is 2.01. The zero-order chi connectivity index (χ0) is 14.5. The third kappa shape index (κ3) is 5.09. The molecule has 19 heavy (non-hydrogen) atoms. The van der Waals surface area contributed by atoms with E-state index in [1.165, 1.54) is 16.8 Å². The average molecular weight is 269 g/mol. The Bertz CT molecular complexity index is 544. The molecule has 0 radical (unpaired) electrons. The smallest absolute Gasteiger partial charge is 0.328 e. The molecule has 0 bridgehead atoms. The standard InChI is InChI=1S/C12H19N3O4/c1-12(2,8-16)14-10(18)4-3-6-15-7-5-9(17)13-11(15)19/h5,7,16H,3-4,6,8H2,1-2H3,(H,14,18)(H,13,17,19). The van der Waals surface area contributed by atoms with Crippen LogP contribution in [0, 0.1) is 0 Å². The van der Waals surface area contributed by atoms with Crippen LogP contribution >= 0.6 is 0 Å². The van der Waals surface area contributed by atoms with Gasteiger partial charge in [0, 0.05) is 25.2 Å². The number of hydrogen-bond donors (Lipinski definition) is 3. The van der Waals surface area contributed by atoms with Crippen molar-refractivity contribution in [3.05, 3.63) is 33.1 Å². The summed E-state index contributed by atoms with van der Waals surface area (Å²) >= 11 is 0. The Morgan fingerprint density at radius 3 is 2.74 bits per heavy atom. The molecule has 0 aliphatic heterocycles. The van der Waals surface area contributed by atoms with Gasteiger partial charge < -0.3 is 15.0 Å². The van der Waals surface area contributed by atoms with E-state index in [1.54, 1.807) is 13.8 Å². The van der Waals surface area contributed by atoms with Crippen molar-refractivity contribution in [2.75, 3.05) is 6.61 Å². The van der Waals surface area contributed by atoms with Crippen molar-refractivity contribution in [1.29, 1.82) is 0 Å². The van der Waals surface area contributed by atoms with Gasteiger partial charge in [-0.2, -0.15) is 0 Å². The van der Waals surface area contributed by atoms with Crippen molar-refractivity contribution in [1.82, 2.24) is 14.9 Å². The molecule has 1 amide bonds. The minimum Gasteiger partial charge on any atom is -0.394 e. The Kier molecular flexibility index (Phi) is 5.05. The van der Waals surface area contributed by atoms with Crippen molar-refractivity contribution in [3.63, 3.8) is 0 Å². The predicted molar refractivity (Wildman–Crippen MR) is 69.9 cm³/mol. The lowest BCUT2D eigenvalue weighted by Crippen LogP contribution is -2.46. The number of H-pyrrole nitrogens is 1. The molecule has 0 aromatic carbocycles. The molecule has 1 rings (SSSR count). The van der Waals surface area contributed by atoms with Crippen molar-refractivity contribution >= 4 is 5.91 Å². The molecule has 1 aromatic heterocycles. The maximum atomic E-state index is 11.6. The lowest BCUT2D eigenvalue weighted by molar-refractivity contribution is -0.123. The molecular formula is C12H19N3O4. The second-order valence-corrected chi connectivity index (χ2v) is 5.00. The second-order valence-electron chi connectivity index (χ2n) is 5.00. The minimum atomic E-state index is -0.647. The molecule has 0 aliphatic rings. The topological polar surface area (TPSA) is 104 Å². The fourth-order valence-electron chi connectivity index (χ4n) is 1.51. The quantitative estimate of drug-likeness (QED) is 0.629. The Morgan fingerprint density at radius 2 is 2.16 bits per heavy atom. The lowest BCUT2D eigenvalue weighted by atomic mass is 10.1. The number of carbonyl (C=O) groups excluding carboxylic acids is 1. The van der Waals surface area contributed by atoms with Crippen LogP contribution in [-0.2, 0) is 11.3 Å². The highest BCUT2D eigenvalue weighted by Gasteiger charge is 2.18. The average Bonchev–Trinajstić information content (AvgIpc) is 2.31. The predicted octanol–water partition coefficient (Wildman–Crippen LogP) is -0.796. The number of amides is 1. The molecule has 0 saturated carbocycles. The van der Waals surface area contributed by atoms with Crippen LogP contribution in [0.2, 0.25) is 0 Å². The fourth-order valence-corrected chi connectivity index (χ4v) is 1.51. The van der Waals surface area contributed by atoms with Crippen LogP contribution in [0.25, 0.3) is 0 Å². The molecule has 106 valence electrons. The number of aliphatic hydroxyl groups is 1. The summed E-state index contributed by atoms with van der Waals surface area (Å²) in [6.45, 7) is 3.65. The minimum absolute atomic E-state index is 0.141. The van der Waals surface area contributed by atoms with Gasteiger partial charge in [-0.1, -0.05) is 0 Å². The van der Waals surface area contributed by atoms with Gasteiger partial charge in [0.05, 0.1) is 12.1 Å². The summed E-state index contributed by atoms with van der Waals surface area (Å²) in [6.07, 6.45) is 2.12. The molecule has 7 heteroatoms. The largest absolute Gasteiger partial charge is 0.394 e. The van der Waals surface area contributed by atoms with Gasteiger partial charge in [0.1, 0.15) is 0 Å². The van der Waals surface area contributed by atoms with Crippen LogP contribution in [0.1, 0.15) is 26.7 Å². The number of aromatic nitrogens is 2. The molecule has 0 saturated heterocycles. The number of hydrogen-bond acceptors (Lipinski definition) is 4. The van der Waals surface area contributed by atoms with Crippen molar-refractivity contribution in [2.45, 2.75) is 38.8 Å². The van der Waals surface area contributed by atoms with Gasteiger partial charge in [-0.15, -0.1) is 0 Å². The van der Waals surface area contributed by atoms with E-state index in [-0.39, 0.29) is 18.9 Å². The molecule has 0 fully saturated rings. The first kappa shape index (κ1) is 15.2. The summed E-state index contributed by atoms with van der Waals surface area (Å²) in [6, 6.07) is 1.26. The first-order valence-corrected chi connectivity index (χ1v) is 6.06. The van der Waals surface area contributed by atoms with Crippen LogP contribution < -0.4 is 16.6 Å². The fraction of sp³-hybridized carbons (Fsp3) is 0.583. The van der Waals surface area contributed by atoms with E-state index in [2.05, 4.69) is 10.3 Å². The normalized spacial score (nSPS) is 11.3. The van der Waals surface area contributed by atoms with E-state index < -0.39 is 16.8 Å². The molecule has 0 spiro atoms. The van der Waals surface area contributed by atoms with E-state index in [1.807, 2.05) is 0 Å². The molecule has 0 atom stereocenters. The van der Waals surface area contributed by atoms with Gasteiger partial charge in [-0.05, 0) is 20.3 Å². The van der Waals surface area contributed by atoms with Crippen molar-refractivity contribution in [3.8, 4) is 0 Å². The SMILES string of the molecule is CC(C)(CO)NC(=O)CCCn1ccc(=O)[nH]c1=O. The third-order valence-electron chi connectivity index (χ3n) is 2.57. The molecule has 1 heterocycles. The second kappa shape index (κ2) is 6.33. The lowest BCUT2D eigenvalue weighted by Gasteiger charge is -2.23. The van der Waals surface area contributed by atoms with Crippen molar-refractivity contribution < 1.29 is 9.90 Å². The molecule has 7 nitrogen and oxygen atoms in total. The number of aromatic amines is 1. The Labute approximate surface area is 110 Å². The monoisotopic (exact) mass is 269 g/mol. The van der Waals surface area contributed by atoms with E-state index in [0.29, 0.717) is 13.0 Å². The van der Waals surface area contributed by atoms with Crippen LogP contribution in [-0.4, -0.2) is 32.7 Å². The van der Waals surface area contributed by atoms with E-state index in [4.69, 9.17) is 5.11 Å². The number of aliphatic hydroxyl groups excluding tert-OH is 1. The summed E-state index contributed by atoms with van der Waals surface area (Å²) in [4.78, 5) is 35.9. The van der Waals surface area contributed by atoms with Gasteiger partial charge in [-0.25, -0.2) is 4.79 Å². The number of rotatable bonds is 6. The molecule has 3 N–H and O–H groups in total. The Morgan fingerprint density at radius 1 is 1.47 bits per heavy atom. The highest BCUT2D eigenvalue weighted by molar-refractivity contribution is 5.76. The Hall–Kier alpha value is -1.89. The van der Waals surface area contributed by atoms with Gasteiger partial charge in [0.15, 0.2) is 0 Å². The van der Waals surface area contributed by atoms with Gasteiger partial charge >= 0.3 is 5.69 Å². The Balaban J connectivity index is 2.44. The highest BCUT2D eigenvalue weighted by atomic mass is 16.3. The maximum absolute atomic E-state index is 11.6. The van der Waals surface area contributed by atoms with Crippen LogP contribution in [0.5, 0.6) is 0 Å². The number of nitrogens with zero attached hydrogens (tertiary/aromatic N) is 1. The maximum Gasteiger partial charge on any atom is 0.328 e. The number of carbonyl (C=O) groups is 1.